The molecule has 0 aromatic heterocycles. The summed E-state index contributed by atoms with van der Waals surface area (Å²) < 4.78 is 4.96. The van der Waals surface area contributed by atoms with Gasteiger partial charge in [-0.2, -0.15) is 0 Å². The summed E-state index contributed by atoms with van der Waals surface area (Å²) in [4.78, 5) is 40.9. The van der Waals surface area contributed by atoms with Crippen LogP contribution < -0.4 is 0 Å². The lowest BCUT2D eigenvalue weighted by atomic mass is 9.85. The van der Waals surface area contributed by atoms with Gasteiger partial charge in [0.05, 0.1) is 11.8 Å². The van der Waals surface area contributed by atoms with E-state index in [4.69, 9.17) is 9.57 Å². The normalized spacial score (nSPS) is 34.6. The maximum absolute atomic E-state index is 12.2. The van der Waals surface area contributed by atoms with Crippen LogP contribution >= 0.6 is 0 Å². The molecule has 2 bridgehead atoms. The van der Waals surface area contributed by atoms with Crippen LogP contribution in [0.25, 0.3) is 0 Å². The van der Waals surface area contributed by atoms with Crippen molar-refractivity contribution in [2.45, 2.75) is 32.8 Å². The van der Waals surface area contributed by atoms with E-state index in [0.29, 0.717) is 5.06 Å². The molecule has 6 heteroatoms. The monoisotopic (exact) mass is 279 g/mol. The first-order valence-corrected chi connectivity index (χ1v) is 6.75. The molecule has 1 heterocycles. The molecule has 4 atom stereocenters. The molecule has 1 aliphatic heterocycles. The molecule has 1 saturated carbocycles. The minimum absolute atomic E-state index is 0.0914. The lowest BCUT2D eigenvalue weighted by Crippen LogP contribution is -2.37. The number of hydrogen-bond donors (Lipinski definition) is 0. The summed E-state index contributed by atoms with van der Waals surface area (Å²) in [5.41, 5.74) is -0.737. The largest absolute Gasteiger partial charge is 0.534 e. The molecule has 0 aromatic carbocycles. The van der Waals surface area contributed by atoms with E-state index in [-0.39, 0.29) is 23.7 Å². The predicted molar refractivity (Wildman–Crippen MR) is 66.9 cm³/mol. The molecular formula is C14H17NO5. The Bertz CT molecular complexity index is 488. The summed E-state index contributed by atoms with van der Waals surface area (Å²) >= 11 is 0. The van der Waals surface area contributed by atoms with Gasteiger partial charge in [-0.3, -0.25) is 14.4 Å². The van der Waals surface area contributed by atoms with Crippen LogP contribution in [-0.4, -0.2) is 28.6 Å². The van der Waals surface area contributed by atoms with Crippen molar-refractivity contribution in [3.63, 3.8) is 0 Å². The van der Waals surface area contributed by atoms with E-state index in [9.17, 15) is 14.4 Å². The maximum atomic E-state index is 12.2. The number of carbonyl (C=O) groups excluding carboxylic acids is 3. The maximum Gasteiger partial charge on any atom is 0.534 e. The minimum Gasteiger partial charge on any atom is -0.427 e. The summed E-state index contributed by atoms with van der Waals surface area (Å²) in [6.45, 7) is 5.04. The predicted octanol–water partition coefficient (Wildman–Crippen LogP) is 1.66. The number of rotatable bonds is 1. The Hall–Kier alpha value is -1.85. The number of amides is 2. The van der Waals surface area contributed by atoms with Crippen molar-refractivity contribution in [2.75, 3.05) is 0 Å². The highest BCUT2D eigenvalue weighted by Gasteiger charge is 2.61. The van der Waals surface area contributed by atoms with Gasteiger partial charge in [0.2, 0.25) is 0 Å². The van der Waals surface area contributed by atoms with E-state index in [0.717, 1.165) is 6.42 Å². The van der Waals surface area contributed by atoms with Crippen molar-refractivity contribution in [1.82, 2.24) is 5.06 Å². The summed E-state index contributed by atoms with van der Waals surface area (Å²) in [5, 5.41) is 0.593. The number of ether oxygens (including phenoxy) is 1. The van der Waals surface area contributed by atoms with Crippen LogP contribution in [0.4, 0.5) is 4.79 Å². The zero-order valence-electron chi connectivity index (χ0n) is 11.7. The van der Waals surface area contributed by atoms with Gasteiger partial charge in [-0.05, 0) is 39.0 Å². The fourth-order valence-electron chi connectivity index (χ4n) is 3.31. The van der Waals surface area contributed by atoms with Crippen molar-refractivity contribution in [3.8, 4) is 0 Å². The summed E-state index contributed by atoms with van der Waals surface area (Å²) in [6, 6.07) is 0. The Morgan fingerprint density at radius 1 is 1.15 bits per heavy atom. The van der Waals surface area contributed by atoms with Crippen molar-refractivity contribution >= 4 is 18.0 Å². The lowest BCUT2D eigenvalue weighted by Gasteiger charge is -2.21. The smallest absolute Gasteiger partial charge is 0.427 e. The average Bonchev–Trinajstić information content (AvgIpc) is 2.96. The zero-order valence-corrected chi connectivity index (χ0v) is 11.7. The third-order valence-electron chi connectivity index (χ3n) is 3.99. The van der Waals surface area contributed by atoms with Crippen molar-refractivity contribution in [3.05, 3.63) is 12.2 Å². The van der Waals surface area contributed by atoms with E-state index in [1.807, 2.05) is 12.2 Å². The van der Waals surface area contributed by atoms with Crippen LogP contribution in [0.2, 0.25) is 0 Å². The highest BCUT2D eigenvalue weighted by Crippen LogP contribution is 2.52. The molecule has 6 nitrogen and oxygen atoms in total. The van der Waals surface area contributed by atoms with Gasteiger partial charge in [-0.15, -0.1) is 0 Å². The van der Waals surface area contributed by atoms with E-state index in [1.165, 1.54) is 0 Å². The van der Waals surface area contributed by atoms with Gasteiger partial charge < -0.3 is 4.74 Å². The van der Waals surface area contributed by atoms with Crippen LogP contribution in [0, 0.1) is 23.7 Å². The van der Waals surface area contributed by atoms with Gasteiger partial charge in [-0.25, -0.2) is 4.79 Å². The first-order chi connectivity index (χ1) is 9.28. The van der Waals surface area contributed by atoms with Gasteiger partial charge in [0.25, 0.3) is 11.8 Å². The van der Waals surface area contributed by atoms with E-state index >= 15 is 0 Å². The second-order valence-corrected chi connectivity index (χ2v) is 6.53. The van der Waals surface area contributed by atoms with Crippen LogP contribution in [0.5, 0.6) is 0 Å². The molecule has 20 heavy (non-hydrogen) atoms. The third-order valence-corrected chi connectivity index (χ3v) is 3.99. The quantitative estimate of drug-likeness (QED) is 0.414. The lowest BCUT2D eigenvalue weighted by molar-refractivity contribution is -0.183. The Kier molecular flexibility index (Phi) is 2.68. The average molecular weight is 279 g/mol. The van der Waals surface area contributed by atoms with E-state index in [1.54, 1.807) is 20.8 Å². The molecule has 108 valence electrons. The zero-order chi connectivity index (χ0) is 14.7. The molecule has 3 rings (SSSR count). The molecule has 1 saturated heterocycles. The number of fused-ring (bicyclic) bond motifs is 5. The standard InChI is InChI=1S/C14H17NO5/c1-14(2,3)19-13(18)20-15-11(16)9-7-4-5-8(6-7)10(9)12(15)17/h4-5,7-10H,6H2,1-3H3/t7-,8+,9?,10?. The van der Waals surface area contributed by atoms with Crippen LogP contribution in [-0.2, 0) is 19.2 Å². The third kappa shape index (κ3) is 1.90. The van der Waals surface area contributed by atoms with Crippen molar-refractivity contribution in [1.29, 1.82) is 0 Å². The SMILES string of the molecule is CC(C)(C)OC(=O)ON1C(=O)C2C(C1=O)[C@H]1C=C[C@@H]2C1. The first kappa shape index (κ1) is 13.1. The van der Waals surface area contributed by atoms with Crippen LogP contribution in [0.15, 0.2) is 12.2 Å². The first-order valence-electron chi connectivity index (χ1n) is 6.75. The molecule has 2 amide bonds. The molecule has 0 radical (unpaired) electrons. The fourth-order valence-corrected chi connectivity index (χ4v) is 3.31. The number of carbonyl (C=O) groups is 3. The Morgan fingerprint density at radius 2 is 1.65 bits per heavy atom. The molecule has 0 aromatic rings. The molecule has 2 unspecified atom stereocenters. The van der Waals surface area contributed by atoms with Gasteiger partial charge in [0.15, 0.2) is 0 Å². The molecule has 0 N–H and O–H groups in total. The molecular weight excluding hydrogens is 262 g/mol. The number of imide groups is 1. The summed E-state index contributed by atoms with van der Waals surface area (Å²) in [7, 11) is 0. The molecule has 2 aliphatic carbocycles. The minimum atomic E-state index is -1.03. The van der Waals surface area contributed by atoms with Crippen LogP contribution in [0.3, 0.4) is 0 Å². The molecule has 2 fully saturated rings. The molecule has 0 spiro atoms. The Labute approximate surface area is 116 Å². The number of nitrogens with zero attached hydrogens (tertiary/aromatic N) is 1. The highest BCUT2D eigenvalue weighted by atomic mass is 16.8. The van der Waals surface area contributed by atoms with Crippen molar-refractivity contribution < 1.29 is 24.0 Å². The van der Waals surface area contributed by atoms with Crippen LogP contribution in [0.1, 0.15) is 27.2 Å². The van der Waals surface area contributed by atoms with E-state index in [2.05, 4.69) is 0 Å². The highest BCUT2D eigenvalue weighted by molar-refractivity contribution is 6.05. The molecule has 3 aliphatic rings. The Balaban J connectivity index is 1.72. The number of hydrogen-bond acceptors (Lipinski definition) is 5. The van der Waals surface area contributed by atoms with Crippen molar-refractivity contribution in [2.24, 2.45) is 23.7 Å². The van der Waals surface area contributed by atoms with E-state index < -0.39 is 23.6 Å². The summed E-state index contributed by atoms with van der Waals surface area (Å²) in [6.07, 6.45) is 3.77. The second kappa shape index (κ2) is 4.07. The summed E-state index contributed by atoms with van der Waals surface area (Å²) in [5.74, 6) is -1.42. The Morgan fingerprint density at radius 3 is 2.10 bits per heavy atom. The van der Waals surface area contributed by atoms with Gasteiger partial charge in [0, 0.05) is 0 Å². The topological polar surface area (TPSA) is 72.9 Å². The number of hydroxylamine groups is 2. The number of allylic oxidation sites excluding steroid dienone is 2. The van der Waals surface area contributed by atoms with Gasteiger partial charge in [0.1, 0.15) is 5.60 Å². The van der Waals surface area contributed by atoms with Gasteiger partial charge >= 0.3 is 6.16 Å². The fraction of sp³-hybridized carbons (Fsp3) is 0.643. The second-order valence-electron chi connectivity index (χ2n) is 6.53. The van der Waals surface area contributed by atoms with Gasteiger partial charge in [-0.1, -0.05) is 17.2 Å².